The SMILES string of the molecule is CCC(C)(C)c1ccc(OCC(=O)N[C@@H](C)c2ccccc2)cc1. The molecule has 2 aromatic rings. The van der Waals surface area contributed by atoms with Crippen LogP contribution in [0.15, 0.2) is 54.6 Å². The van der Waals surface area contributed by atoms with E-state index in [4.69, 9.17) is 4.74 Å². The van der Waals surface area contributed by atoms with E-state index in [0.29, 0.717) is 5.75 Å². The van der Waals surface area contributed by atoms with Gasteiger partial charge >= 0.3 is 0 Å². The standard InChI is InChI=1S/C21H27NO2/c1-5-21(3,4)18-11-13-19(14-12-18)24-15-20(23)22-16(2)17-9-7-6-8-10-17/h6-14,16H,5,15H2,1-4H3,(H,22,23)/t16-/m0/s1. The van der Waals surface area contributed by atoms with E-state index in [9.17, 15) is 4.79 Å². The van der Waals surface area contributed by atoms with E-state index in [1.54, 1.807) is 0 Å². The van der Waals surface area contributed by atoms with Crippen molar-refractivity contribution in [2.75, 3.05) is 6.61 Å². The molecular formula is C21H27NO2. The van der Waals surface area contributed by atoms with Gasteiger partial charge in [-0.1, -0.05) is 63.2 Å². The first-order chi connectivity index (χ1) is 11.4. The zero-order valence-corrected chi connectivity index (χ0v) is 15.0. The molecule has 0 radical (unpaired) electrons. The lowest BCUT2D eigenvalue weighted by molar-refractivity contribution is -0.123. The molecule has 128 valence electrons. The maximum absolute atomic E-state index is 12.0. The molecule has 0 aliphatic heterocycles. The summed E-state index contributed by atoms with van der Waals surface area (Å²) in [5.41, 5.74) is 2.51. The maximum Gasteiger partial charge on any atom is 0.258 e. The summed E-state index contributed by atoms with van der Waals surface area (Å²) in [6.07, 6.45) is 1.08. The topological polar surface area (TPSA) is 38.3 Å². The van der Waals surface area contributed by atoms with E-state index in [-0.39, 0.29) is 24.0 Å². The molecule has 0 aliphatic rings. The van der Waals surface area contributed by atoms with Crippen molar-refractivity contribution < 1.29 is 9.53 Å². The van der Waals surface area contributed by atoms with E-state index in [2.05, 4.69) is 38.2 Å². The minimum absolute atomic E-state index is 0.0215. The highest BCUT2D eigenvalue weighted by Gasteiger charge is 2.17. The van der Waals surface area contributed by atoms with Crippen molar-refractivity contribution in [2.45, 2.75) is 45.6 Å². The van der Waals surface area contributed by atoms with Gasteiger partial charge in [-0.25, -0.2) is 0 Å². The molecule has 0 unspecified atom stereocenters. The Hall–Kier alpha value is -2.29. The van der Waals surface area contributed by atoms with Crippen LogP contribution >= 0.6 is 0 Å². The molecule has 3 nitrogen and oxygen atoms in total. The summed E-state index contributed by atoms with van der Waals surface area (Å²) in [6, 6.07) is 17.9. The molecule has 0 saturated heterocycles. The number of ether oxygens (including phenoxy) is 1. The average Bonchev–Trinajstić information content (AvgIpc) is 2.61. The van der Waals surface area contributed by atoms with Crippen LogP contribution in [0.5, 0.6) is 5.75 Å². The van der Waals surface area contributed by atoms with Crippen LogP contribution in [0.25, 0.3) is 0 Å². The number of hydrogen-bond donors (Lipinski definition) is 1. The van der Waals surface area contributed by atoms with E-state index < -0.39 is 0 Å². The van der Waals surface area contributed by atoms with Gasteiger partial charge in [0.2, 0.25) is 0 Å². The first-order valence-corrected chi connectivity index (χ1v) is 8.50. The van der Waals surface area contributed by atoms with Gasteiger partial charge in [0.15, 0.2) is 6.61 Å². The van der Waals surface area contributed by atoms with Crippen LogP contribution in [0, 0.1) is 0 Å². The molecule has 0 aromatic heterocycles. The Kier molecular flexibility index (Phi) is 6.02. The number of hydrogen-bond acceptors (Lipinski definition) is 2. The summed E-state index contributed by atoms with van der Waals surface area (Å²) < 4.78 is 5.59. The number of rotatable bonds is 7. The van der Waals surface area contributed by atoms with Gasteiger partial charge in [-0.05, 0) is 42.0 Å². The summed E-state index contributed by atoms with van der Waals surface area (Å²) in [5, 5.41) is 2.95. The van der Waals surface area contributed by atoms with E-state index in [1.807, 2.05) is 49.4 Å². The highest BCUT2D eigenvalue weighted by Crippen LogP contribution is 2.28. The molecule has 1 N–H and O–H groups in total. The van der Waals surface area contributed by atoms with Gasteiger partial charge in [-0.3, -0.25) is 4.79 Å². The van der Waals surface area contributed by atoms with Crippen LogP contribution in [0.4, 0.5) is 0 Å². The van der Waals surface area contributed by atoms with Gasteiger partial charge in [0, 0.05) is 0 Å². The largest absolute Gasteiger partial charge is 0.484 e. The third-order valence-electron chi connectivity index (χ3n) is 4.57. The van der Waals surface area contributed by atoms with Crippen molar-refractivity contribution in [2.24, 2.45) is 0 Å². The summed E-state index contributed by atoms with van der Waals surface area (Å²) in [4.78, 5) is 12.0. The highest BCUT2D eigenvalue weighted by molar-refractivity contribution is 5.78. The number of nitrogens with one attached hydrogen (secondary N) is 1. The van der Waals surface area contributed by atoms with Crippen LogP contribution in [0.3, 0.4) is 0 Å². The van der Waals surface area contributed by atoms with Gasteiger partial charge in [-0.15, -0.1) is 0 Å². The van der Waals surface area contributed by atoms with Gasteiger partial charge in [0.25, 0.3) is 5.91 Å². The minimum Gasteiger partial charge on any atom is -0.484 e. The molecule has 1 atom stereocenters. The van der Waals surface area contributed by atoms with Gasteiger partial charge < -0.3 is 10.1 Å². The molecular weight excluding hydrogens is 298 g/mol. The third kappa shape index (κ3) is 4.85. The molecule has 0 fully saturated rings. The third-order valence-corrected chi connectivity index (χ3v) is 4.57. The van der Waals surface area contributed by atoms with Crippen molar-refractivity contribution in [1.82, 2.24) is 5.32 Å². The summed E-state index contributed by atoms with van der Waals surface area (Å²) in [5.74, 6) is 0.595. The second kappa shape index (κ2) is 8.00. The Morgan fingerprint density at radius 2 is 1.71 bits per heavy atom. The van der Waals surface area contributed by atoms with Crippen molar-refractivity contribution in [1.29, 1.82) is 0 Å². The lowest BCUT2D eigenvalue weighted by Gasteiger charge is -2.23. The molecule has 2 aromatic carbocycles. The predicted molar refractivity (Wildman–Crippen MR) is 98.3 cm³/mol. The maximum atomic E-state index is 12.0. The van der Waals surface area contributed by atoms with Crippen LogP contribution in [-0.4, -0.2) is 12.5 Å². The van der Waals surface area contributed by atoms with Gasteiger partial charge in [0.1, 0.15) is 5.75 Å². The predicted octanol–water partition coefficient (Wildman–Crippen LogP) is 4.63. The summed E-state index contributed by atoms with van der Waals surface area (Å²) >= 11 is 0. The quantitative estimate of drug-likeness (QED) is 0.806. The second-order valence-corrected chi connectivity index (χ2v) is 6.75. The van der Waals surface area contributed by atoms with Crippen molar-refractivity contribution in [3.05, 3.63) is 65.7 Å². The number of amides is 1. The minimum atomic E-state index is -0.121. The van der Waals surface area contributed by atoms with E-state index in [1.165, 1.54) is 5.56 Å². The number of carbonyl (C=O) groups excluding carboxylic acids is 1. The Labute approximate surface area is 145 Å². The first kappa shape index (κ1) is 18.1. The molecule has 0 aliphatic carbocycles. The lowest BCUT2D eigenvalue weighted by atomic mass is 9.82. The molecule has 0 spiro atoms. The van der Waals surface area contributed by atoms with E-state index >= 15 is 0 Å². The second-order valence-electron chi connectivity index (χ2n) is 6.75. The Morgan fingerprint density at radius 3 is 2.29 bits per heavy atom. The van der Waals surface area contributed by atoms with Crippen LogP contribution in [-0.2, 0) is 10.2 Å². The molecule has 0 saturated carbocycles. The Morgan fingerprint density at radius 1 is 1.08 bits per heavy atom. The molecule has 24 heavy (non-hydrogen) atoms. The molecule has 1 amide bonds. The van der Waals surface area contributed by atoms with Crippen molar-refractivity contribution in [3.8, 4) is 5.75 Å². The van der Waals surface area contributed by atoms with Gasteiger partial charge in [0.05, 0.1) is 6.04 Å². The fourth-order valence-electron chi connectivity index (χ4n) is 2.46. The molecule has 3 heteroatoms. The zero-order chi connectivity index (χ0) is 17.6. The smallest absolute Gasteiger partial charge is 0.258 e. The Balaban J connectivity index is 1.86. The Bertz CT molecular complexity index is 647. The summed E-state index contributed by atoms with van der Waals surface area (Å²) in [6.45, 7) is 8.62. The van der Waals surface area contributed by atoms with Crippen molar-refractivity contribution in [3.63, 3.8) is 0 Å². The molecule has 2 rings (SSSR count). The van der Waals surface area contributed by atoms with Crippen LogP contribution < -0.4 is 10.1 Å². The van der Waals surface area contributed by atoms with Crippen molar-refractivity contribution >= 4 is 5.91 Å². The average molecular weight is 325 g/mol. The zero-order valence-electron chi connectivity index (χ0n) is 15.0. The number of benzene rings is 2. The molecule has 0 bridgehead atoms. The van der Waals surface area contributed by atoms with Crippen LogP contribution in [0.2, 0.25) is 0 Å². The van der Waals surface area contributed by atoms with E-state index in [0.717, 1.165) is 12.0 Å². The summed E-state index contributed by atoms with van der Waals surface area (Å²) in [7, 11) is 0. The van der Waals surface area contributed by atoms with Crippen LogP contribution in [0.1, 0.15) is 51.3 Å². The normalized spacial score (nSPS) is 12.5. The fraction of sp³-hybridized carbons (Fsp3) is 0.381. The highest BCUT2D eigenvalue weighted by atomic mass is 16.5. The number of carbonyl (C=O) groups is 1. The monoisotopic (exact) mass is 325 g/mol. The first-order valence-electron chi connectivity index (χ1n) is 8.50. The van der Waals surface area contributed by atoms with Gasteiger partial charge in [-0.2, -0.15) is 0 Å². The molecule has 0 heterocycles. The fourth-order valence-corrected chi connectivity index (χ4v) is 2.46. The lowest BCUT2D eigenvalue weighted by Crippen LogP contribution is -2.31.